The van der Waals surface area contributed by atoms with E-state index in [4.69, 9.17) is 5.73 Å². The minimum Gasteiger partial charge on any atom is -0.397 e. The van der Waals surface area contributed by atoms with Crippen LogP contribution < -0.4 is 16.4 Å². The maximum Gasteiger partial charge on any atom is 0.239 e. The number of nitrogens with zero attached hydrogens (tertiary/aromatic N) is 1. The highest BCUT2D eigenvalue weighted by molar-refractivity contribution is 5.80. The fourth-order valence-electron chi connectivity index (χ4n) is 0.940. The molecule has 0 aliphatic heterocycles. The first kappa shape index (κ1) is 10.3. The third-order valence-electron chi connectivity index (χ3n) is 1.59. The van der Waals surface area contributed by atoms with Gasteiger partial charge in [-0.3, -0.25) is 4.79 Å². The van der Waals surface area contributed by atoms with Crippen LogP contribution in [0.4, 0.5) is 11.5 Å². The molecule has 5 nitrogen and oxygen atoms in total. The maximum absolute atomic E-state index is 11.1. The van der Waals surface area contributed by atoms with E-state index in [2.05, 4.69) is 15.6 Å². The minimum atomic E-state index is -0.0499. The van der Waals surface area contributed by atoms with Crippen molar-refractivity contribution < 1.29 is 4.79 Å². The Balaban J connectivity index is 2.38. The molecule has 0 fully saturated rings. The fourth-order valence-corrected chi connectivity index (χ4v) is 0.940. The van der Waals surface area contributed by atoms with Gasteiger partial charge in [0.1, 0.15) is 5.82 Å². The summed E-state index contributed by atoms with van der Waals surface area (Å²) in [6, 6.07) is 3.46. The van der Waals surface area contributed by atoms with Gasteiger partial charge >= 0.3 is 0 Å². The van der Waals surface area contributed by atoms with Crippen LogP contribution in [-0.4, -0.2) is 24.0 Å². The molecule has 0 atom stereocenters. The zero-order valence-corrected chi connectivity index (χ0v) is 8.08. The van der Waals surface area contributed by atoms with Crippen molar-refractivity contribution >= 4 is 17.4 Å². The van der Waals surface area contributed by atoms with E-state index in [1.807, 2.05) is 6.92 Å². The number of nitrogens with one attached hydrogen (secondary N) is 2. The number of carbonyl (C=O) groups excluding carboxylic acids is 1. The molecule has 1 heterocycles. The van der Waals surface area contributed by atoms with E-state index in [9.17, 15) is 4.79 Å². The molecule has 14 heavy (non-hydrogen) atoms. The Morgan fingerprint density at radius 1 is 1.57 bits per heavy atom. The predicted octanol–water partition coefficient (Wildman–Crippen LogP) is 0.212. The van der Waals surface area contributed by atoms with Gasteiger partial charge in [-0.05, 0) is 19.1 Å². The predicted molar refractivity (Wildman–Crippen MR) is 55.8 cm³/mol. The smallest absolute Gasteiger partial charge is 0.239 e. The number of anilines is 2. The van der Waals surface area contributed by atoms with Crippen LogP contribution in [0.2, 0.25) is 0 Å². The molecule has 76 valence electrons. The van der Waals surface area contributed by atoms with Crippen LogP contribution in [0.1, 0.15) is 6.92 Å². The fraction of sp³-hybridized carbons (Fsp3) is 0.333. The summed E-state index contributed by atoms with van der Waals surface area (Å²) in [6.07, 6.45) is 1.54. The van der Waals surface area contributed by atoms with E-state index in [0.29, 0.717) is 18.1 Å². The van der Waals surface area contributed by atoms with Crippen LogP contribution in [0.5, 0.6) is 0 Å². The lowest BCUT2D eigenvalue weighted by molar-refractivity contribution is -0.119. The standard InChI is InChI=1S/C9H14N4O/c1-2-11-9(14)6-13-8-4-3-7(10)5-12-8/h3-5H,2,6,10H2,1H3,(H,11,14)(H,12,13). The molecule has 1 aromatic rings. The number of nitrogens with two attached hydrogens (primary N) is 1. The number of aromatic nitrogens is 1. The first-order valence-electron chi connectivity index (χ1n) is 4.44. The monoisotopic (exact) mass is 194 g/mol. The molecule has 4 N–H and O–H groups in total. The van der Waals surface area contributed by atoms with E-state index < -0.39 is 0 Å². The van der Waals surface area contributed by atoms with Crippen molar-refractivity contribution in [3.63, 3.8) is 0 Å². The Kier molecular flexibility index (Phi) is 3.72. The average Bonchev–Trinajstić information content (AvgIpc) is 2.17. The minimum absolute atomic E-state index is 0.0499. The first-order valence-corrected chi connectivity index (χ1v) is 4.44. The summed E-state index contributed by atoms with van der Waals surface area (Å²) < 4.78 is 0. The van der Waals surface area contributed by atoms with Crippen LogP contribution in [0.15, 0.2) is 18.3 Å². The normalized spacial score (nSPS) is 9.50. The zero-order chi connectivity index (χ0) is 10.4. The van der Waals surface area contributed by atoms with Gasteiger partial charge in [0.25, 0.3) is 0 Å². The van der Waals surface area contributed by atoms with Crippen molar-refractivity contribution in [2.24, 2.45) is 0 Å². The Bertz CT molecular complexity index is 296. The molecule has 0 radical (unpaired) electrons. The second kappa shape index (κ2) is 5.06. The summed E-state index contributed by atoms with van der Waals surface area (Å²) in [6.45, 7) is 2.74. The molecule has 0 aromatic carbocycles. The van der Waals surface area contributed by atoms with Gasteiger partial charge in [-0.2, -0.15) is 0 Å². The number of carbonyl (C=O) groups is 1. The topological polar surface area (TPSA) is 80.0 Å². The molecule has 0 saturated heterocycles. The Morgan fingerprint density at radius 3 is 2.93 bits per heavy atom. The van der Waals surface area contributed by atoms with E-state index in [0.717, 1.165) is 0 Å². The van der Waals surface area contributed by atoms with Gasteiger partial charge in [-0.25, -0.2) is 4.98 Å². The summed E-state index contributed by atoms with van der Waals surface area (Å²) in [5.74, 6) is 0.594. The van der Waals surface area contributed by atoms with Crippen molar-refractivity contribution in [2.45, 2.75) is 6.92 Å². The second-order valence-corrected chi connectivity index (χ2v) is 2.78. The largest absolute Gasteiger partial charge is 0.397 e. The summed E-state index contributed by atoms with van der Waals surface area (Å²) >= 11 is 0. The molecule has 5 heteroatoms. The SMILES string of the molecule is CCNC(=O)CNc1ccc(N)cn1. The van der Waals surface area contributed by atoms with Gasteiger partial charge in [0.15, 0.2) is 0 Å². The number of rotatable bonds is 4. The van der Waals surface area contributed by atoms with E-state index in [1.54, 1.807) is 18.3 Å². The van der Waals surface area contributed by atoms with Gasteiger partial charge < -0.3 is 16.4 Å². The van der Waals surface area contributed by atoms with E-state index in [-0.39, 0.29) is 12.5 Å². The number of nitrogen functional groups attached to an aromatic ring is 1. The maximum atomic E-state index is 11.1. The lowest BCUT2D eigenvalue weighted by Gasteiger charge is -2.05. The molecule has 1 aromatic heterocycles. The number of hydrogen-bond donors (Lipinski definition) is 3. The molecule has 1 rings (SSSR count). The highest BCUT2D eigenvalue weighted by Gasteiger charge is 1.98. The quantitative estimate of drug-likeness (QED) is 0.640. The van der Waals surface area contributed by atoms with Gasteiger partial charge in [0.2, 0.25) is 5.91 Å². The van der Waals surface area contributed by atoms with Crippen LogP contribution in [0, 0.1) is 0 Å². The first-order chi connectivity index (χ1) is 6.72. The van der Waals surface area contributed by atoms with Gasteiger partial charge in [0, 0.05) is 6.54 Å². The van der Waals surface area contributed by atoms with Gasteiger partial charge in [-0.15, -0.1) is 0 Å². The summed E-state index contributed by atoms with van der Waals surface area (Å²) in [4.78, 5) is 15.1. The van der Waals surface area contributed by atoms with E-state index in [1.165, 1.54) is 0 Å². The van der Waals surface area contributed by atoms with Crippen molar-refractivity contribution in [1.29, 1.82) is 0 Å². The molecular weight excluding hydrogens is 180 g/mol. The van der Waals surface area contributed by atoms with Crippen LogP contribution in [-0.2, 0) is 4.79 Å². The lowest BCUT2D eigenvalue weighted by Crippen LogP contribution is -2.29. The molecular formula is C9H14N4O. The Hall–Kier alpha value is -1.78. The van der Waals surface area contributed by atoms with Crippen LogP contribution in [0.25, 0.3) is 0 Å². The van der Waals surface area contributed by atoms with Crippen LogP contribution in [0.3, 0.4) is 0 Å². The Morgan fingerprint density at radius 2 is 2.36 bits per heavy atom. The summed E-state index contributed by atoms with van der Waals surface area (Å²) in [5.41, 5.74) is 6.07. The molecule has 0 bridgehead atoms. The van der Waals surface area contributed by atoms with E-state index >= 15 is 0 Å². The third-order valence-corrected chi connectivity index (χ3v) is 1.59. The number of amides is 1. The average molecular weight is 194 g/mol. The lowest BCUT2D eigenvalue weighted by atomic mass is 10.4. The highest BCUT2D eigenvalue weighted by Crippen LogP contribution is 2.04. The number of hydrogen-bond acceptors (Lipinski definition) is 4. The molecule has 1 amide bonds. The van der Waals surface area contributed by atoms with Gasteiger partial charge in [0.05, 0.1) is 18.4 Å². The second-order valence-electron chi connectivity index (χ2n) is 2.78. The molecule has 0 aliphatic rings. The third kappa shape index (κ3) is 3.30. The van der Waals surface area contributed by atoms with Gasteiger partial charge in [-0.1, -0.05) is 0 Å². The zero-order valence-electron chi connectivity index (χ0n) is 8.08. The van der Waals surface area contributed by atoms with Crippen molar-refractivity contribution in [1.82, 2.24) is 10.3 Å². The van der Waals surface area contributed by atoms with Crippen molar-refractivity contribution in [2.75, 3.05) is 24.1 Å². The molecule has 0 aliphatic carbocycles. The Labute approximate surface area is 82.7 Å². The summed E-state index contributed by atoms with van der Waals surface area (Å²) in [5, 5.41) is 5.55. The highest BCUT2D eigenvalue weighted by atomic mass is 16.1. The number of likely N-dealkylation sites (N-methyl/N-ethyl adjacent to an activating group) is 1. The summed E-state index contributed by atoms with van der Waals surface area (Å²) in [7, 11) is 0. The van der Waals surface area contributed by atoms with Crippen LogP contribution >= 0.6 is 0 Å². The molecule has 0 unspecified atom stereocenters. The number of pyridine rings is 1. The molecule has 0 saturated carbocycles. The van der Waals surface area contributed by atoms with Crippen molar-refractivity contribution in [3.8, 4) is 0 Å². The van der Waals surface area contributed by atoms with Crippen molar-refractivity contribution in [3.05, 3.63) is 18.3 Å². The molecule has 0 spiro atoms.